The highest BCUT2D eigenvalue weighted by Crippen LogP contribution is 2.36. The van der Waals surface area contributed by atoms with Gasteiger partial charge in [-0.25, -0.2) is 29.9 Å². The number of benzene rings is 10. The van der Waals surface area contributed by atoms with E-state index in [2.05, 4.69) is 164 Å². The SMILES string of the molecule is c1ccc(-c2ccc(-c3ccccc3-c3nc(-c4ccccc4)nc(-c4cccc(-c5cccc(-c6cccc(-c7cccc(-c8nc(-c9ccccc9)nc(-c9ccccc9)n8)c7)c6)c5)c4)n3)cc2)cc1. The van der Waals surface area contributed by atoms with E-state index in [0.29, 0.717) is 34.9 Å². The molecule has 12 aromatic rings. The van der Waals surface area contributed by atoms with Crippen LogP contribution in [0.1, 0.15) is 0 Å². The van der Waals surface area contributed by atoms with Crippen molar-refractivity contribution >= 4 is 0 Å². The Morgan fingerprint density at radius 1 is 0.139 bits per heavy atom. The topological polar surface area (TPSA) is 77.3 Å². The average Bonchev–Trinajstić information content (AvgIpc) is 3.48. The molecule has 0 unspecified atom stereocenters. The summed E-state index contributed by atoms with van der Waals surface area (Å²) in [6, 6.07) is 92.1. The van der Waals surface area contributed by atoms with Gasteiger partial charge in [0.25, 0.3) is 0 Å². The van der Waals surface area contributed by atoms with E-state index in [4.69, 9.17) is 29.9 Å². The predicted octanol–water partition coefficient (Wildman–Crippen LogP) is 16.4. The summed E-state index contributed by atoms with van der Waals surface area (Å²) in [5.41, 5.74) is 16.5. The standard InChI is InChI=1S/C66H44N6/c1-5-19-45(20-6-1)46-37-39-47(40-38-46)59-35-13-14-36-60(59)66-71-63(50-25-11-4-12-26-50)70-65(72-66)58-34-18-32-56(44-58)54-30-16-28-52(42-54)51-27-15-29-53(41-51)55-31-17-33-57(43-55)64-68-61(48-21-7-2-8-22-48)67-62(69-64)49-23-9-3-10-24-49/h1-44H. The number of nitrogens with zero attached hydrogens (tertiary/aromatic N) is 6. The highest BCUT2D eigenvalue weighted by Gasteiger charge is 2.18. The summed E-state index contributed by atoms with van der Waals surface area (Å²) in [5.74, 6) is 3.72. The second-order valence-electron chi connectivity index (χ2n) is 17.5. The molecule has 0 amide bonds. The van der Waals surface area contributed by atoms with Gasteiger partial charge in [0.05, 0.1) is 0 Å². The predicted molar refractivity (Wildman–Crippen MR) is 293 cm³/mol. The molecule has 0 aliphatic heterocycles. The van der Waals surface area contributed by atoms with E-state index in [1.54, 1.807) is 0 Å². The molecule has 0 bridgehead atoms. The van der Waals surface area contributed by atoms with Gasteiger partial charge in [0.15, 0.2) is 34.9 Å². The second kappa shape index (κ2) is 19.7. The average molecular weight is 921 g/mol. The Balaban J connectivity index is 0.867. The van der Waals surface area contributed by atoms with Crippen LogP contribution in [0.4, 0.5) is 0 Å². The Morgan fingerprint density at radius 2 is 0.375 bits per heavy atom. The molecule has 72 heavy (non-hydrogen) atoms. The first-order chi connectivity index (χ1) is 35.6. The van der Waals surface area contributed by atoms with Gasteiger partial charge in [-0.05, 0) is 79.9 Å². The largest absolute Gasteiger partial charge is 0.208 e. The minimum Gasteiger partial charge on any atom is -0.208 e. The quantitative estimate of drug-likeness (QED) is 0.129. The van der Waals surface area contributed by atoms with Crippen LogP contribution in [-0.2, 0) is 0 Å². The van der Waals surface area contributed by atoms with E-state index in [-0.39, 0.29) is 0 Å². The summed E-state index contributed by atoms with van der Waals surface area (Å²) in [7, 11) is 0. The van der Waals surface area contributed by atoms with E-state index in [1.165, 1.54) is 11.1 Å². The van der Waals surface area contributed by atoms with E-state index >= 15 is 0 Å². The summed E-state index contributed by atoms with van der Waals surface area (Å²) >= 11 is 0. The fourth-order valence-corrected chi connectivity index (χ4v) is 9.11. The molecule has 338 valence electrons. The highest BCUT2D eigenvalue weighted by atomic mass is 15.0. The zero-order chi connectivity index (χ0) is 48.1. The van der Waals surface area contributed by atoms with Gasteiger partial charge in [-0.1, -0.05) is 243 Å². The van der Waals surface area contributed by atoms with Crippen molar-refractivity contribution in [1.29, 1.82) is 0 Å². The first-order valence-corrected chi connectivity index (χ1v) is 24.0. The number of aromatic nitrogens is 6. The minimum absolute atomic E-state index is 0.603. The molecule has 0 atom stereocenters. The molecule has 12 rings (SSSR count). The van der Waals surface area contributed by atoms with Gasteiger partial charge in [0.1, 0.15) is 0 Å². The van der Waals surface area contributed by atoms with Crippen molar-refractivity contribution in [2.45, 2.75) is 0 Å². The van der Waals surface area contributed by atoms with Gasteiger partial charge in [-0.3, -0.25) is 0 Å². The van der Waals surface area contributed by atoms with E-state index < -0.39 is 0 Å². The van der Waals surface area contributed by atoms with Gasteiger partial charge in [0.2, 0.25) is 0 Å². The van der Waals surface area contributed by atoms with Crippen molar-refractivity contribution in [2.24, 2.45) is 0 Å². The number of hydrogen-bond acceptors (Lipinski definition) is 6. The van der Waals surface area contributed by atoms with Gasteiger partial charge >= 0.3 is 0 Å². The van der Waals surface area contributed by atoms with Crippen molar-refractivity contribution in [1.82, 2.24) is 29.9 Å². The molecule has 0 aliphatic carbocycles. The Bertz CT molecular complexity index is 3780. The van der Waals surface area contributed by atoms with Crippen molar-refractivity contribution in [3.8, 4) is 124 Å². The van der Waals surface area contributed by atoms with Crippen LogP contribution in [0, 0.1) is 0 Å². The molecule has 0 aliphatic rings. The molecule has 2 heterocycles. The molecular weight excluding hydrogens is 877 g/mol. The Labute approximate surface area is 418 Å². The van der Waals surface area contributed by atoms with E-state index in [1.807, 2.05) is 103 Å². The molecule has 10 aromatic carbocycles. The van der Waals surface area contributed by atoms with Gasteiger partial charge in [-0.15, -0.1) is 0 Å². The first-order valence-electron chi connectivity index (χ1n) is 24.0. The van der Waals surface area contributed by atoms with E-state index in [0.717, 1.165) is 77.9 Å². The number of rotatable bonds is 11. The maximum absolute atomic E-state index is 5.22. The van der Waals surface area contributed by atoms with Crippen LogP contribution in [0.25, 0.3) is 124 Å². The molecule has 0 radical (unpaired) electrons. The molecule has 6 nitrogen and oxygen atoms in total. The third-order valence-electron chi connectivity index (χ3n) is 12.8. The Morgan fingerprint density at radius 3 is 0.750 bits per heavy atom. The Hall–Kier alpha value is -9.78. The third-order valence-corrected chi connectivity index (χ3v) is 12.8. The minimum atomic E-state index is 0.603. The highest BCUT2D eigenvalue weighted by molar-refractivity contribution is 5.84. The van der Waals surface area contributed by atoms with Gasteiger partial charge < -0.3 is 0 Å². The van der Waals surface area contributed by atoms with Crippen molar-refractivity contribution in [3.05, 3.63) is 267 Å². The van der Waals surface area contributed by atoms with Crippen molar-refractivity contribution in [3.63, 3.8) is 0 Å². The molecule has 0 saturated heterocycles. The molecular formula is C66H44N6. The summed E-state index contributed by atoms with van der Waals surface area (Å²) in [4.78, 5) is 30.3. The van der Waals surface area contributed by atoms with Crippen LogP contribution in [-0.4, -0.2) is 29.9 Å². The summed E-state index contributed by atoms with van der Waals surface area (Å²) in [6.45, 7) is 0. The molecule has 0 N–H and O–H groups in total. The molecule has 0 fully saturated rings. The monoisotopic (exact) mass is 920 g/mol. The summed E-state index contributed by atoms with van der Waals surface area (Å²) in [5, 5.41) is 0. The fraction of sp³-hybridized carbons (Fsp3) is 0. The van der Waals surface area contributed by atoms with Crippen LogP contribution in [0.3, 0.4) is 0 Å². The second-order valence-corrected chi connectivity index (χ2v) is 17.5. The van der Waals surface area contributed by atoms with Crippen molar-refractivity contribution < 1.29 is 0 Å². The van der Waals surface area contributed by atoms with Crippen LogP contribution in [0.2, 0.25) is 0 Å². The van der Waals surface area contributed by atoms with Gasteiger partial charge in [-0.2, -0.15) is 0 Å². The van der Waals surface area contributed by atoms with Crippen molar-refractivity contribution in [2.75, 3.05) is 0 Å². The lowest BCUT2D eigenvalue weighted by molar-refractivity contribution is 1.07. The lowest BCUT2D eigenvalue weighted by atomic mass is 9.95. The first kappa shape index (κ1) is 43.5. The number of hydrogen-bond donors (Lipinski definition) is 0. The zero-order valence-corrected chi connectivity index (χ0v) is 39.1. The van der Waals surface area contributed by atoms with Crippen LogP contribution >= 0.6 is 0 Å². The van der Waals surface area contributed by atoms with Crippen LogP contribution < -0.4 is 0 Å². The molecule has 2 aromatic heterocycles. The fourth-order valence-electron chi connectivity index (χ4n) is 9.11. The molecule has 0 spiro atoms. The summed E-state index contributed by atoms with van der Waals surface area (Å²) in [6.07, 6.45) is 0. The lowest BCUT2D eigenvalue weighted by Gasteiger charge is -2.13. The summed E-state index contributed by atoms with van der Waals surface area (Å²) < 4.78 is 0. The lowest BCUT2D eigenvalue weighted by Crippen LogP contribution is -2.01. The smallest absolute Gasteiger partial charge is 0.164 e. The Kier molecular flexibility index (Phi) is 11.9. The zero-order valence-electron chi connectivity index (χ0n) is 39.1. The van der Waals surface area contributed by atoms with Crippen LogP contribution in [0.15, 0.2) is 267 Å². The maximum atomic E-state index is 5.22. The maximum Gasteiger partial charge on any atom is 0.164 e. The van der Waals surface area contributed by atoms with Crippen LogP contribution in [0.5, 0.6) is 0 Å². The molecule has 6 heteroatoms. The van der Waals surface area contributed by atoms with Gasteiger partial charge in [0, 0.05) is 33.4 Å². The normalized spacial score (nSPS) is 11.1. The van der Waals surface area contributed by atoms with E-state index in [9.17, 15) is 0 Å². The third kappa shape index (κ3) is 9.24. The molecule has 0 saturated carbocycles.